The van der Waals surface area contributed by atoms with Gasteiger partial charge in [-0.25, -0.2) is 0 Å². The molecule has 0 bridgehead atoms. The molecule has 0 spiro atoms. The van der Waals surface area contributed by atoms with E-state index in [-0.39, 0.29) is 36.8 Å². The van der Waals surface area contributed by atoms with E-state index in [1.165, 1.54) is 19.3 Å². The number of hydrogen-bond acceptors (Lipinski definition) is 6. The first kappa shape index (κ1) is 29.6. The molecule has 1 aliphatic heterocycles. The van der Waals surface area contributed by atoms with Crippen molar-refractivity contribution in [2.45, 2.75) is 76.9 Å². The fourth-order valence-electron chi connectivity index (χ4n) is 4.89. The molecule has 2 heterocycles. The molecule has 0 radical (unpaired) electrons. The zero-order chi connectivity index (χ0) is 23.0. The largest absolute Gasteiger partial charge is 0.490 e. The predicted molar refractivity (Wildman–Crippen MR) is 145 cm³/mol. The Labute approximate surface area is 222 Å². The second-order valence-corrected chi connectivity index (χ2v) is 9.74. The van der Waals surface area contributed by atoms with E-state index in [1.807, 2.05) is 6.07 Å². The quantitative estimate of drug-likeness (QED) is 0.450. The third-order valence-corrected chi connectivity index (χ3v) is 6.98. The average Bonchev–Trinajstić information content (AvgIpc) is 2.85. The molecule has 1 aliphatic carbocycles. The number of rotatable bonds is 9. The van der Waals surface area contributed by atoms with Crippen LogP contribution in [0.25, 0.3) is 11.1 Å². The first-order valence-electron chi connectivity index (χ1n) is 12.8. The highest BCUT2D eigenvalue weighted by Crippen LogP contribution is 2.30. The normalized spacial score (nSPS) is 21.0. The van der Waals surface area contributed by atoms with E-state index < -0.39 is 0 Å². The molecule has 1 saturated heterocycles. The average molecular weight is 527 g/mol. The highest BCUT2D eigenvalue weighted by molar-refractivity contribution is 5.85. The van der Waals surface area contributed by atoms with Crippen LogP contribution in [0.3, 0.4) is 0 Å². The van der Waals surface area contributed by atoms with Crippen LogP contribution in [0.5, 0.6) is 11.6 Å². The number of aliphatic hydroxyl groups is 1. The third kappa shape index (κ3) is 8.49. The maximum atomic E-state index is 10.3. The Bertz CT molecular complexity index is 878. The number of benzene rings is 1. The molecule has 35 heavy (non-hydrogen) atoms. The highest BCUT2D eigenvalue weighted by Gasteiger charge is 2.27. The Morgan fingerprint density at radius 1 is 1.03 bits per heavy atom. The van der Waals surface area contributed by atoms with E-state index in [9.17, 15) is 5.11 Å². The molecular weight excluding hydrogens is 485 g/mol. The molecule has 6 nitrogen and oxygen atoms in total. The lowest BCUT2D eigenvalue weighted by Gasteiger charge is -2.33. The zero-order valence-corrected chi connectivity index (χ0v) is 22.7. The van der Waals surface area contributed by atoms with Crippen LogP contribution in [0.15, 0.2) is 30.3 Å². The van der Waals surface area contributed by atoms with Gasteiger partial charge in [-0.15, -0.1) is 29.9 Å². The lowest BCUT2D eigenvalue weighted by Crippen LogP contribution is -2.43. The van der Waals surface area contributed by atoms with E-state index >= 15 is 0 Å². The summed E-state index contributed by atoms with van der Waals surface area (Å²) >= 11 is 0. The van der Waals surface area contributed by atoms with Crippen LogP contribution in [0.1, 0.15) is 64.0 Å². The number of piperidine rings is 1. The summed E-state index contributed by atoms with van der Waals surface area (Å²) in [5.41, 5.74) is 3.18. The number of aliphatic hydroxyl groups excluding tert-OH is 1. The van der Waals surface area contributed by atoms with Crippen molar-refractivity contribution in [2.24, 2.45) is 5.92 Å². The van der Waals surface area contributed by atoms with Crippen molar-refractivity contribution in [1.82, 2.24) is 15.1 Å². The summed E-state index contributed by atoms with van der Waals surface area (Å²) in [5.74, 6) is 1.55. The van der Waals surface area contributed by atoms with E-state index in [0.29, 0.717) is 18.6 Å². The Kier molecular flexibility index (Phi) is 12.6. The molecule has 0 unspecified atom stereocenters. The van der Waals surface area contributed by atoms with Gasteiger partial charge in [-0.05, 0) is 69.7 Å². The van der Waals surface area contributed by atoms with Crippen molar-refractivity contribution in [2.75, 3.05) is 26.7 Å². The SMILES string of the molecule is CCCCc1nnc(OC[C@@H]2CN(C)CC[C@H]2O)cc1-c1ccc(OC2CCCCC2)cc1.Cl.Cl. The summed E-state index contributed by atoms with van der Waals surface area (Å²) in [5, 5.41) is 19.2. The molecular formula is C27H41Cl2N3O3. The van der Waals surface area contributed by atoms with E-state index in [4.69, 9.17) is 9.47 Å². The van der Waals surface area contributed by atoms with Gasteiger partial charge in [0.05, 0.1) is 24.5 Å². The van der Waals surface area contributed by atoms with Gasteiger partial charge in [0.25, 0.3) is 0 Å². The van der Waals surface area contributed by atoms with Crippen molar-refractivity contribution in [3.05, 3.63) is 36.0 Å². The number of nitrogens with zero attached hydrogens (tertiary/aromatic N) is 3. The first-order valence-corrected chi connectivity index (χ1v) is 12.8. The number of likely N-dealkylation sites (tertiary alicyclic amines) is 1. The molecule has 4 rings (SSSR count). The molecule has 1 N–H and O–H groups in total. The zero-order valence-electron chi connectivity index (χ0n) is 21.0. The second-order valence-electron chi connectivity index (χ2n) is 9.74. The van der Waals surface area contributed by atoms with Crippen LogP contribution in [0.4, 0.5) is 0 Å². The van der Waals surface area contributed by atoms with Crippen LogP contribution in [-0.4, -0.2) is 59.2 Å². The minimum absolute atomic E-state index is 0. The van der Waals surface area contributed by atoms with Crippen LogP contribution >= 0.6 is 24.8 Å². The summed E-state index contributed by atoms with van der Waals surface area (Å²) in [4.78, 5) is 2.24. The van der Waals surface area contributed by atoms with Gasteiger partial charge in [0, 0.05) is 30.6 Å². The summed E-state index contributed by atoms with van der Waals surface area (Å²) in [6, 6.07) is 10.4. The molecule has 196 valence electrons. The van der Waals surface area contributed by atoms with Crippen molar-refractivity contribution in [3.63, 3.8) is 0 Å². The van der Waals surface area contributed by atoms with Gasteiger partial charge >= 0.3 is 0 Å². The number of aromatic nitrogens is 2. The van der Waals surface area contributed by atoms with Crippen molar-refractivity contribution in [3.8, 4) is 22.8 Å². The number of halogens is 2. The van der Waals surface area contributed by atoms with Crippen LogP contribution in [0, 0.1) is 5.92 Å². The molecule has 1 aromatic heterocycles. The van der Waals surface area contributed by atoms with Crippen molar-refractivity contribution >= 4 is 24.8 Å². The molecule has 1 saturated carbocycles. The minimum atomic E-state index is -0.325. The van der Waals surface area contributed by atoms with E-state index in [2.05, 4.69) is 53.3 Å². The third-order valence-electron chi connectivity index (χ3n) is 6.98. The van der Waals surface area contributed by atoms with Crippen molar-refractivity contribution in [1.29, 1.82) is 0 Å². The van der Waals surface area contributed by atoms with Crippen LogP contribution < -0.4 is 9.47 Å². The Morgan fingerprint density at radius 3 is 2.49 bits per heavy atom. The Balaban J connectivity index is 0.00000216. The second kappa shape index (κ2) is 14.8. The molecule has 1 aromatic carbocycles. The smallest absolute Gasteiger partial charge is 0.234 e. The maximum Gasteiger partial charge on any atom is 0.234 e. The van der Waals surface area contributed by atoms with Gasteiger partial charge in [0.15, 0.2) is 0 Å². The van der Waals surface area contributed by atoms with Gasteiger partial charge in [-0.1, -0.05) is 31.9 Å². The van der Waals surface area contributed by atoms with Crippen LogP contribution in [-0.2, 0) is 6.42 Å². The number of hydrogen-bond donors (Lipinski definition) is 1. The summed E-state index contributed by atoms with van der Waals surface area (Å²) in [6.07, 6.45) is 10.1. The molecule has 2 fully saturated rings. The topological polar surface area (TPSA) is 67.7 Å². The summed E-state index contributed by atoms with van der Waals surface area (Å²) in [7, 11) is 2.08. The van der Waals surface area contributed by atoms with Gasteiger partial charge in [-0.3, -0.25) is 0 Å². The van der Waals surface area contributed by atoms with Gasteiger partial charge < -0.3 is 19.5 Å². The lowest BCUT2D eigenvalue weighted by molar-refractivity contribution is 0.0127. The summed E-state index contributed by atoms with van der Waals surface area (Å²) < 4.78 is 12.2. The lowest BCUT2D eigenvalue weighted by atomic mass is 9.96. The summed E-state index contributed by atoms with van der Waals surface area (Å²) in [6.45, 7) is 4.39. The molecule has 0 amide bonds. The van der Waals surface area contributed by atoms with Gasteiger partial charge in [0.2, 0.25) is 5.88 Å². The van der Waals surface area contributed by atoms with E-state index in [0.717, 1.165) is 74.2 Å². The van der Waals surface area contributed by atoms with Gasteiger partial charge in [0.1, 0.15) is 5.75 Å². The molecule has 2 aliphatic rings. The standard InChI is InChI=1S/C27H39N3O3.2ClH/c1-3-4-10-25-24(20-11-13-23(14-12-20)33-22-8-6-5-7-9-22)17-27(29-28-25)32-19-21-18-30(2)16-15-26(21)31;;/h11-14,17,21-22,26,31H,3-10,15-16,18-19H2,1-2H3;2*1H/t21-,26+;;/m0../s1. The fourth-order valence-corrected chi connectivity index (χ4v) is 4.89. The molecule has 8 heteroatoms. The van der Waals surface area contributed by atoms with Crippen molar-refractivity contribution < 1.29 is 14.6 Å². The highest BCUT2D eigenvalue weighted by atomic mass is 35.5. The maximum absolute atomic E-state index is 10.3. The molecule has 2 atom stereocenters. The van der Waals surface area contributed by atoms with E-state index in [1.54, 1.807) is 0 Å². The fraction of sp³-hybridized carbons (Fsp3) is 0.630. The first-order chi connectivity index (χ1) is 16.1. The number of ether oxygens (including phenoxy) is 2. The monoisotopic (exact) mass is 525 g/mol. The number of aryl methyl sites for hydroxylation is 1. The van der Waals surface area contributed by atoms with Crippen LogP contribution in [0.2, 0.25) is 0 Å². The predicted octanol–water partition coefficient (Wildman–Crippen LogP) is 5.73. The minimum Gasteiger partial charge on any atom is -0.490 e. The number of unbranched alkanes of at least 4 members (excludes halogenated alkanes) is 1. The Hall–Kier alpha value is -1.60. The van der Waals surface area contributed by atoms with Gasteiger partial charge in [-0.2, -0.15) is 5.10 Å². The Morgan fingerprint density at radius 2 is 1.77 bits per heavy atom. The molecule has 2 aromatic rings.